The minimum atomic E-state index is -0.300. The number of carbonyl (C=O) groups excluding carboxylic acids is 1. The fourth-order valence-electron chi connectivity index (χ4n) is 2.27. The van der Waals surface area contributed by atoms with E-state index in [1.165, 1.54) is 0 Å². The SMILES string of the molecule is C[C@H](C(=O)Nc1ccccc1)N1CCC[C@@H](O)C1. The standard InChI is InChI=1S/C14H20N2O2/c1-11(16-9-5-8-13(17)10-16)14(18)15-12-6-3-2-4-7-12/h2-4,6-7,11,13,17H,5,8-10H2,1H3,(H,15,18)/t11-,13-/m1/s1. The number of rotatable bonds is 3. The van der Waals surface area contributed by atoms with E-state index in [2.05, 4.69) is 5.32 Å². The summed E-state index contributed by atoms with van der Waals surface area (Å²) in [6.45, 7) is 3.35. The summed E-state index contributed by atoms with van der Waals surface area (Å²) in [6, 6.07) is 9.24. The number of aliphatic hydroxyl groups is 1. The molecule has 0 unspecified atom stereocenters. The Bertz CT molecular complexity index is 394. The van der Waals surface area contributed by atoms with Crippen LogP contribution in [0, 0.1) is 0 Å². The molecule has 2 rings (SSSR count). The smallest absolute Gasteiger partial charge is 0.241 e. The molecule has 1 saturated heterocycles. The van der Waals surface area contributed by atoms with Crippen molar-refractivity contribution in [1.82, 2.24) is 4.90 Å². The molecule has 1 heterocycles. The monoisotopic (exact) mass is 248 g/mol. The Morgan fingerprint density at radius 2 is 2.17 bits per heavy atom. The second-order valence-electron chi connectivity index (χ2n) is 4.82. The van der Waals surface area contributed by atoms with Crippen molar-refractivity contribution in [3.8, 4) is 0 Å². The molecule has 98 valence electrons. The number of piperidine rings is 1. The van der Waals surface area contributed by atoms with Gasteiger partial charge in [0.05, 0.1) is 12.1 Å². The maximum Gasteiger partial charge on any atom is 0.241 e. The molecule has 0 saturated carbocycles. The lowest BCUT2D eigenvalue weighted by Gasteiger charge is -2.33. The average molecular weight is 248 g/mol. The molecule has 2 N–H and O–H groups in total. The van der Waals surface area contributed by atoms with Gasteiger partial charge in [-0.2, -0.15) is 0 Å². The van der Waals surface area contributed by atoms with E-state index in [0.717, 1.165) is 25.1 Å². The molecule has 1 aromatic rings. The van der Waals surface area contributed by atoms with Gasteiger partial charge >= 0.3 is 0 Å². The number of para-hydroxylation sites is 1. The lowest BCUT2D eigenvalue weighted by Crippen LogP contribution is -2.48. The van der Waals surface area contributed by atoms with Crippen molar-refractivity contribution < 1.29 is 9.90 Å². The van der Waals surface area contributed by atoms with Crippen LogP contribution in [0.4, 0.5) is 5.69 Å². The van der Waals surface area contributed by atoms with Crippen LogP contribution in [0.15, 0.2) is 30.3 Å². The maximum absolute atomic E-state index is 12.1. The first kappa shape index (κ1) is 13.1. The number of hydrogen-bond donors (Lipinski definition) is 2. The van der Waals surface area contributed by atoms with E-state index in [1.54, 1.807) is 0 Å². The number of nitrogens with one attached hydrogen (secondary N) is 1. The number of carbonyl (C=O) groups is 1. The molecule has 18 heavy (non-hydrogen) atoms. The minimum Gasteiger partial charge on any atom is -0.392 e. The number of aliphatic hydroxyl groups excluding tert-OH is 1. The highest BCUT2D eigenvalue weighted by Crippen LogP contribution is 2.14. The Morgan fingerprint density at radius 3 is 2.83 bits per heavy atom. The zero-order chi connectivity index (χ0) is 13.0. The summed E-state index contributed by atoms with van der Waals surface area (Å²) in [5, 5.41) is 12.5. The quantitative estimate of drug-likeness (QED) is 0.851. The molecular weight excluding hydrogens is 228 g/mol. The van der Waals surface area contributed by atoms with E-state index in [4.69, 9.17) is 0 Å². The molecule has 1 aliphatic heterocycles. The molecule has 0 bridgehead atoms. The third-order valence-electron chi connectivity index (χ3n) is 3.40. The fraction of sp³-hybridized carbons (Fsp3) is 0.500. The van der Waals surface area contributed by atoms with Gasteiger partial charge < -0.3 is 10.4 Å². The van der Waals surface area contributed by atoms with Gasteiger partial charge in [-0.1, -0.05) is 18.2 Å². The first-order chi connectivity index (χ1) is 8.66. The largest absolute Gasteiger partial charge is 0.392 e. The predicted molar refractivity (Wildman–Crippen MR) is 71.3 cm³/mol. The summed E-state index contributed by atoms with van der Waals surface area (Å²) in [5.74, 6) is -0.0182. The zero-order valence-electron chi connectivity index (χ0n) is 10.7. The van der Waals surface area contributed by atoms with Crippen LogP contribution in [0.25, 0.3) is 0 Å². The molecule has 0 aromatic heterocycles. The van der Waals surface area contributed by atoms with Gasteiger partial charge in [0, 0.05) is 12.2 Å². The highest BCUT2D eigenvalue weighted by Gasteiger charge is 2.26. The number of anilines is 1. The normalized spacial score (nSPS) is 22.4. The van der Waals surface area contributed by atoms with Crippen LogP contribution >= 0.6 is 0 Å². The molecule has 1 aliphatic rings. The molecule has 0 aliphatic carbocycles. The van der Waals surface area contributed by atoms with E-state index in [-0.39, 0.29) is 18.1 Å². The number of amides is 1. The topological polar surface area (TPSA) is 52.6 Å². The van der Waals surface area contributed by atoms with Crippen molar-refractivity contribution in [2.24, 2.45) is 0 Å². The van der Waals surface area contributed by atoms with E-state index >= 15 is 0 Å². The van der Waals surface area contributed by atoms with Crippen molar-refractivity contribution in [3.05, 3.63) is 30.3 Å². The highest BCUT2D eigenvalue weighted by atomic mass is 16.3. The lowest BCUT2D eigenvalue weighted by atomic mass is 10.1. The Balaban J connectivity index is 1.92. The van der Waals surface area contributed by atoms with Gasteiger partial charge in [-0.25, -0.2) is 0 Å². The lowest BCUT2D eigenvalue weighted by molar-refractivity contribution is -0.121. The van der Waals surface area contributed by atoms with Gasteiger partial charge in [0.25, 0.3) is 0 Å². The second kappa shape index (κ2) is 5.98. The number of benzene rings is 1. The molecule has 4 heteroatoms. The van der Waals surface area contributed by atoms with Crippen LogP contribution in [-0.4, -0.2) is 41.1 Å². The molecular formula is C14H20N2O2. The van der Waals surface area contributed by atoms with E-state index in [1.807, 2.05) is 42.2 Å². The Hall–Kier alpha value is -1.39. The third-order valence-corrected chi connectivity index (χ3v) is 3.40. The highest BCUT2D eigenvalue weighted by molar-refractivity contribution is 5.94. The fourth-order valence-corrected chi connectivity index (χ4v) is 2.27. The van der Waals surface area contributed by atoms with Crippen molar-refractivity contribution in [2.75, 3.05) is 18.4 Å². The van der Waals surface area contributed by atoms with Gasteiger partial charge in [-0.05, 0) is 38.4 Å². The first-order valence-corrected chi connectivity index (χ1v) is 6.45. The molecule has 2 atom stereocenters. The van der Waals surface area contributed by atoms with Crippen molar-refractivity contribution in [3.63, 3.8) is 0 Å². The summed E-state index contributed by atoms with van der Waals surface area (Å²) in [4.78, 5) is 14.1. The van der Waals surface area contributed by atoms with Gasteiger partial charge in [0.1, 0.15) is 0 Å². The maximum atomic E-state index is 12.1. The molecule has 1 amide bonds. The van der Waals surface area contributed by atoms with Crippen LogP contribution in [-0.2, 0) is 4.79 Å². The summed E-state index contributed by atoms with van der Waals surface area (Å²) in [6.07, 6.45) is 1.49. The summed E-state index contributed by atoms with van der Waals surface area (Å²) in [7, 11) is 0. The molecule has 0 radical (unpaired) electrons. The van der Waals surface area contributed by atoms with Crippen LogP contribution in [0.1, 0.15) is 19.8 Å². The molecule has 1 aromatic carbocycles. The predicted octanol–water partition coefficient (Wildman–Crippen LogP) is 1.47. The van der Waals surface area contributed by atoms with Crippen molar-refractivity contribution >= 4 is 11.6 Å². The number of nitrogens with zero attached hydrogens (tertiary/aromatic N) is 1. The van der Waals surface area contributed by atoms with E-state index < -0.39 is 0 Å². The van der Waals surface area contributed by atoms with Gasteiger partial charge in [0.15, 0.2) is 0 Å². The number of likely N-dealkylation sites (tertiary alicyclic amines) is 1. The Morgan fingerprint density at radius 1 is 1.44 bits per heavy atom. The zero-order valence-corrected chi connectivity index (χ0v) is 10.7. The van der Waals surface area contributed by atoms with Crippen LogP contribution in [0.2, 0.25) is 0 Å². The summed E-state index contributed by atoms with van der Waals surface area (Å²) in [5.41, 5.74) is 0.812. The third kappa shape index (κ3) is 3.31. The molecule has 1 fully saturated rings. The molecule has 0 spiro atoms. The second-order valence-corrected chi connectivity index (χ2v) is 4.82. The van der Waals surface area contributed by atoms with Gasteiger partial charge in [0.2, 0.25) is 5.91 Å². The van der Waals surface area contributed by atoms with Crippen LogP contribution in [0.3, 0.4) is 0 Å². The Kier molecular flexibility index (Phi) is 4.33. The summed E-state index contributed by atoms with van der Waals surface area (Å²) < 4.78 is 0. The average Bonchev–Trinajstić information content (AvgIpc) is 2.39. The van der Waals surface area contributed by atoms with Crippen molar-refractivity contribution in [2.45, 2.75) is 31.9 Å². The molecule has 4 nitrogen and oxygen atoms in total. The van der Waals surface area contributed by atoms with Gasteiger partial charge in [-0.3, -0.25) is 9.69 Å². The minimum absolute atomic E-state index is 0.0182. The number of β-amino-alcohol motifs (C(OH)–C–C–N with tert-alkyl or cyclic N) is 1. The van der Waals surface area contributed by atoms with E-state index in [9.17, 15) is 9.90 Å². The van der Waals surface area contributed by atoms with Gasteiger partial charge in [-0.15, -0.1) is 0 Å². The van der Waals surface area contributed by atoms with E-state index in [0.29, 0.717) is 6.54 Å². The Labute approximate surface area is 108 Å². The van der Waals surface area contributed by atoms with Crippen LogP contribution in [0.5, 0.6) is 0 Å². The summed E-state index contributed by atoms with van der Waals surface area (Å²) >= 11 is 0. The van der Waals surface area contributed by atoms with Crippen molar-refractivity contribution in [1.29, 1.82) is 0 Å². The van der Waals surface area contributed by atoms with Crippen LogP contribution < -0.4 is 5.32 Å². The first-order valence-electron chi connectivity index (χ1n) is 6.45. The number of hydrogen-bond acceptors (Lipinski definition) is 3.